The van der Waals surface area contributed by atoms with Gasteiger partial charge in [-0.05, 0) is 42.9 Å². The van der Waals surface area contributed by atoms with Crippen LogP contribution in [0.15, 0.2) is 24.3 Å². The van der Waals surface area contributed by atoms with Crippen LogP contribution < -0.4 is 5.32 Å². The molecule has 0 unspecified atom stereocenters. The van der Waals surface area contributed by atoms with Crippen molar-refractivity contribution in [2.45, 2.75) is 24.7 Å². The molecule has 3 rings (SSSR count). The van der Waals surface area contributed by atoms with Gasteiger partial charge in [0.2, 0.25) is 0 Å². The normalized spacial score (nSPS) is 23.6. The third-order valence-electron chi connectivity index (χ3n) is 4.40. The molecule has 2 heterocycles. The van der Waals surface area contributed by atoms with E-state index in [0.717, 1.165) is 32.2 Å². The molecular formula is C15H20FNO. The maximum Gasteiger partial charge on any atom is 0.123 e. The van der Waals surface area contributed by atoms with Crippen LogP contribution in [0.5, 0.6) is 0 Å². The molecule has 3 heteroatoms. The lowest BCUT2D eigenvalue weighted by atomic mass is 9.68. The minimum atomic E-state index is -0.146. The van der Waals surface area contributed by atoms with Crippen LogP contribution in [0.3, 0.4) is 0 Å². The van der Waals surface area contributed by atoms with Crippen LogP contribution in [-0.2, 0) is 10.2 Å². The zero-order valence-electron chi connectivity index (χ0n) is 10.6. The quantitative estimate of drug-likeness (QED) is 0.888. The van der Waals surface area contributed by atoms with Crippen molar-refractivity contribution in [3.05, 3.63) is 35.6 Å². The second-order valence-corrected chi connectivity index (χ2v) is 5.65. The Balaban J connectivity index is 1.74. The van der Waals surface area contributed by atoms with Crippen LogP contribution in [0.2, 0.25) is 0 Å². The molecule has 98 valence electrons. The molecule has 0 aliphatic carbocycles. The van der Waals surface area contributed by atoms with Gasteiger partial charge >= 0.3 is 0 Å². The Hall–Kier alpha value is -0.930. The lowest BCUT2D eigenvalue weighted by molar-refractivity contribution is 0.0501. The number of halogens is 1. The smallest absolute Gasteiger partial charge is 0.123 e. The summed E-state index contributed by atoms with van der Waals surface area (Å²) in [6.07, 6.45) is 3.54. The third kappa shape index (κ3) is 2.29. The van der Waals surface area contributed by atoms with Crippen LogP contribution in [0.4, 0.5) is 4.39 Å². The van der Waals surface area contributed by atoms with E-state index >= 15 is 0 Å². The number of benzene rings is 1. The van der Waals surface area contributed by atoms with Gasteiger partial charge in [-0.15, -0.1) is 0 Å². The number of hydrogen-bond donors (Lipinski definition) is 1. The molecule has 2 aliphatic rings. The molecule has 0 saturated carbocycles. The molecule has 0 bridgehead atoms. The van der Waals surface area contributed by atoms with Crippen molar-refractivity contribution < 1.29 is 9.13 Å². The van der Waals surface area contributed by atoms with E-state index in [2.05, 4.69) is 5.32 Å². The zero-order chi connectivity index (χ0) is 12.4. The molecule has 1 N–H and O–H groups in total. The lowest BCUT2D eigenvalue weighted by Crippen LogP contribution is -2.57. The Kier molecular flexibility index (Phi) is 3.35. The molecule has 1 aromatic rings. The molecule has 1 aromatic carbocycles. The second kappa shape index (κ2) is 4.98. The van der Waals surface area contributed by atoms with Crippen molar-refractivity contribution in [2.75, 3.05) is 26.3 Å². The van der Waals surface area contributed by atoms with Gasteiger partial charge in [-0.2, -0.15) is 0 Å². The summed E-state index contributed by atoms with van der Waals surface area (Å²) in [6, 6.07) is 7.07. The lowest BCUT2D eigenvalue weighted by Gasteiger charge is -2.46. The minimum Gasteiger partial charge on any atom is -0.381 e. The van der Waals surface area contributed by atoms with E-state index in [1.807, 2.05) is 12.1 Å². The van der Waals surface area contributed by atoms with Gasteiger partial charge in [0, 0.05) is 31.7 Å². The highest BCUT2D eigenvalue weighted by Crippen LogP contribution is 2.37. The predicted molar refractivity (Wildman–Crippen MR) is 69.1 cm³/mol. The fourth-order valence-electron chi connectivity index (χ4n) is 3.20. The summed E-state index contributed by atoms with van der Waals surface area (Å²) in [4.78, 5) is 0. The van der Waals surface area contributed by atoms with Gasteiger partial charge in [0.1, 0.15) is 5.82 Å². The van der Waals surface area contributed by atoms with E-state index < -0.39 is 0 Å². The van der Waals surface area contributed by atoms with E-state index in [4.69, 9.17) is 4.74 Å². The molecule has 0 radical (unpaired) electrons. The number of rotatable bonds is 3. The van der Waals surface area contributed by atoms with Crippen LogP contribution in [-0.4, -0.2) is 26.3 Å². The van der Waals surface area contributed by atoms with Gasteiger partial charge < -0.3 is 10.1 Å². The summed E-state index contributed by atoms with van der Waals surface area (Å²) >= 11 is 0. The molecule has 0 aromatic heterocycles. The van der Waals surface area contributed by atoms with Gasteiger partial charge in [-0.3, -0.25) is 0 Å². The van der Waals surface area contributed by atoms with E-state index in [9.17, 15) is 4.39 Å². The molecular weight excluding hydrogens is 229 g/mol. The Labute approximate surface area is 108 Å². The standard InChI is InChI=1S/C15H20FNO/c16-14-3-1-13(2-4-14)15(10-17-11-15)9-12-5-7-18-8-6-12/h1-4,12,17H,5-11H2. The maximum absolute atomic E-state index is 13.0. The predicted octanol–water partition coefficient (Wildman–Crippen LogP) is 2.48. The van der Waals surface area contributed by atoms with Crippen LogP contribution in [0, 0.1) is 11.7 Å². The van der Waals surface area contributed by atoms with Gasteiger partial charge in [0.25, 0.3) is 0 Å². The Morgan fingerprint density at radius 1 is 1.17 bits per heavy atom. The Morgan fingerprint density at radius 2 is 1.83 bits per heavy atom. The highest BCUT2D eigenvalue weighted by molar-refractivity contribution is 5.30. The molecule has 0 atom stereocenters. The summed E-state index contributed by atoms with van der Waals surface area (Å²) in [5.74, 6) is 0.609. The van der Waals surface area contributed by atoms with Gasteiger partial charge in [-0.1, -0.05) is 12.1 Å². The highest BCUT2D eigenvalue weighted by atomic mass is 19.1. The first-order chi connectivity index (χ1) is 8.78. The zero-order valence-corrected chi connectivity index (χ0v) is 10.6. The number of ether oxygens (including phenoxy) is 1. The van der Waals surface area contributed by atoms with E-state index in [1.54, 1.807) is 12.1 Å². The fourth-order valence-corrected chi connectivity index (χ4v) is 3.20. The molecule has 2 saturated heterocycles. The first-order valence-electron chi connectivity index (χ1n) is 6.83. The fraction of sp³-hybridized carbons (Fsp3) is 0.600. The minimum absolute atomic E-state index is 0.146. The van der Waals surface area contributed by atoms with Crippen molar-refractivity contribution in [1.82, 2.24) is 5.32 Å². The molecule has 2 fully saturated rings. The summed E-state index contributed by atoms with van der Waals surface area (Å²) in [6.45, 7) is 3.85. The van der Waals surface area contributed by atoms with Crippen molar-refractivity contribution in [1.29, 1.82) is 0 Å². The van der Waals surface area contributed by atoms with Gasteiger partial charge in [0.15, 0.2) is 0 Å². The van der Waals surface area contributed by atoms with Gasteiger partial charge in [0.05, 0.1) is 0 Å². The average Bonchev–Trinajstić information content (AvgIpc) is 2.36. The van der Waals surface area contributed by atoms with Crippen LogP contribution in [0.25, 0.3) is 0 Å². The second-order valence-electron chi connectivity index (χ2n) is 5.65. The Morgan fingerprint density at radius 3 is 2.39 bits per heavy atom. The van der Waals surface area contributed by atoms with Crippen molar-refractivity contribution in [3.63, 3.8) is 0 Å². The van der Waals surface area contributed by atoms with Crippen molar-refractivity contribution in [2.24, 2.45) is 5.92 Å². The first kappa shape index (κ1) is 12.1. The van der Waals surface area contributed by atoms with E-state index in [0.29, 0.717) is 0 Å². The average molecular weight is 249 g/mol. The molecule has 2 nitrogen and oxygen atoms in total. The summed E-state index contributed by atoms with van der Waals surface area (Å²) < 4.78 is 18.4. The van der Waals surface area contributed by atoms with Crippen LogP contribution in [0.1, 0.15) is 24.8 Å². The van der Waals surface area contributed by atoms with E-state index in [1.165, 1.54) is 24.8 Å². The number of nitrogens with one attached hydrogen (secondary N) is 1. The van der Waals surface area contributed by atoms with Crippen LogP contribution >= 0.6 is 0 Å². The molecule has 18 heavy (non-hydrogen) atoms. The maximum atomic E-state index is 13.0. The summed E-state index contributed by atoms with van der Waals surface area (Å²) in [5.41, 5.74) is 1.52. The topological polar surface area (TPSA) is 21.3 Å². The summed E-state index contributed by atoms with van der Waals surface area (Å²) in [7, 11) is 0. The summed E-state index contributed by atoms with van der Waals surface area (Å²) in [5, 5.41) is 3.38. The SMILES string of the molecule is Fc1ccc(C2(CC3CCOCC3)CNC2)cc1. The molecule has 0 spiro atoms. The van der Waals surface area contributed by atoms with Crippen molar-refractivity contribution >= 4 is 0 Å². The molecule has 0 amide bonds. The van der Waals surface area contributed by atoms with E-state index in [-0.39, 0.29) is 11.2 Å². The number of hydrogen-bond acceptors (Lipinski definition) is 2. The van der Waals surface area contributed by atoms with Crippen molar-refractivity contribution in [3.8, 4) is 0 Å². The first-order valence-corrected chi connectivity index (χ1v) is 6.83. The monoisotopic (exact) mass is 249 g/mol. The third-order valence-corrected chi connectivity index (χ3v) is 4.40. The largest absolute Gasteiger partial charge is 0.381 e. The Bertz CT molecular complexity index is 393. The molecule has 2 aliphatic heterocycles. The van der Waals surface area contributed by atoms with Gasteiger partial charge in [-0.25, -0.2) is 4.39 Å². The highest BCUT2D eigenvalue weighted by Gasteiger charge is 2.40.